The van der Waals surface area contributed by atoms with E-state index >= 15 is 0 Å². The molecule has 2 unspecified atom stereocenters. The van der Waals surface area contributed by atoms with Crippen LogP contribution in [0.1, 0.15) is 52.0 Å². The van der Waals surface area contributed by atoms with Crippen LogP contribution in [0.4, 0.5) is 0 Å². The van der Waals surface area contributed by atoms with Crippen LogP contribution in [0.5, 0.6) is 0 Å². The number of carbonyl (C=O) groups excluding carboxylic acids is 2. The van der Waals surface area contributed by atoms with E-state index in [0.29, 0.717) is 6.42 Å². The number of carbonyl (C=O) groups is 2. The molecule has 0 aliphatic carbocycles. The van der Waals surface area contributed by atoms with Gasteiger partial charge in [0, 0.05) is 5.57 Å². The molecule has 128 valence electrons. The van der Waals surface area contributed by atoms with E-state index in [2.05, 4.69) is 16.3 Å². The summed E-state index contributed by atoms with van der Waals surface area (Å²) < 4.78 is 19.3. The molecule has 0 saturated carbocycles. The van der Waals surface area contributed by atoms with Gasteiger partial charge in [0.2, 0.25) is 0 Å². The maximum atomic E-state index is 12.1. The molecule has 0 N–H and O–H groups in total. The van der Waals surface area contributed by atoms with Gasteiger partial charge in [-0.25, -0.2) is 9.59 Å². The van der Waals surface area contributed by atoms with E-state index in [-0.39, 0.29) is 18.1 Å². The Hall–Kier alpha value is -2.38. The Morgan fingerprint density at radius 1 is 1.39 bits per heavy atom. The lowest BCUT2D eigenvalue weighted by Crippen LogP contribution is -2.24. The molecule has 0 aliphatic rings. The van der Waals surface area contributed by atoms with Gasteiger partial charge in [0.25, 0.3) is 5.89 Å². The van der Waals surface area contributed by atoms with Crippen LogP contribution in [0.25, 0.3) is 0 Å². The minimum atomic E-state index is -0.957. The molecule has 2 atom stereocenters. The number of nitrogens with zero attached hydrogens (tertiary/aromatic N) is 1. The fraction of sp³-hybridized carbons (Fsp3) is 0.600. The molecule has 1 aromatic rings. The van der Waals surface area contributed by atoms with E-state index < -0.39 is 29.8 Å². The summed E-state index contributed by atoms with van der Waals surface area (Å²) in [5.74, 6) is -2.88. The number of esters is 2. The fourth-order valence-corrected chi connectivity index (χ4v) is 1.60. The van der Waals surface area contributed by atoms with E-state index in [1.54, 1.807) is 6.92 Å². The van der Waals surface area contributed by atoms with Gasteiger partial charge in [-0.05, 0) is 31.8 Å². The summed E-state index contributed by atoms with van der Waals surface area (Å²) in [5.41, 5.74) is 0.246. The third kappa shape index (κ3) is 6.09. The molecule has 0 aliphatic heterocycles. The van der Waals surface area contributed by atoms with Crippen LogP contribution in [0.15, 0.2) is 25.9 Å². The lowest BCUT2D eigenvalue weighted by molar-refractivity contribution is -0.159. The van der Waals surface area contributed by atoms with Crippen molar-refractivity contribution in [2.24, 2.45) is 5.92 Å². The third-order valence-electron chi connectivity index (χ3n) is 2.97. The zero-order valence-corrected chi connectivity index (χ0v) is 13.5. The highest BCUT2D eigenvalue weighted by Crippen LogP contribution is 2.22. The van der Waals surface area contributed by atoms with Gasteiger partial charge in [0.05, 0.1) is 5.92 Å². The van der Waals surface area contributed by atoms with Crippen LogP contribution >= 0.6 is 0 Å². The Labute approximate surface area is 133 Å². The molecule has 0 amide bonds. The van der Waals surface area contributed by atoms with E-state index in [9.17, 15) is 14.4 Å². The fourth-order valence-electron chi connectivity index (χ4n) is 1.60. The number of hydrogen-bond donors (Lipinski definition) is 0. The molecular formula is C15H21NO7. The first-order valence-electron chi connectivity index (χ1n) is 7.35. The normalized spacial score (nSPS) is 13.2. The van der Waals surface area contributed by atoms with Crippen LogP contribution in [-0.2, 0) is 19.1 Å². The minimum absolute atomic E-state index is 0.0806. The van der Waals surface area contributed by atoms with Crippen molar-refractivity contribution in [3.05, 3.63) is 28.7 Å². The summed E-state index contributed by atoms with van der Waals surface area (Å²) in [6, 6.07) is 0. The summed E-state index contributed by atoms with van der Waals surface area (Å²) in [6.07, 6.45) is 1.24. The predicted octanol–water partition coefficient (Wildman–Crippen LogP) is 2.16. The molecule has 1 rings (SSSR count). The van der Waals surface area contributed by atoms with Gasteiger partial charge < -0.3 is 13.9 Å². The average Bonchev–Trinajstić information content (AvgIpc) is 2.94. The number of rotatable bonds is 9. The second-order valence-electron chi connectivity index (χ2n) is 5.22. The van der Waals surface area contributed by atoms with Gasteiger partial charge >= 0.3 is 17.8 Å². The summed E-state index contributed by atoms with van der Waals surface area (Å²) in [4.78, 5) is 34.3. The number of unbranched alkanes of at least 4 members (excludes halogenated alkanes) is 1. The first-order chi connectivity index (χ1) is 10.8. The van der Waals surface area contributed by atoms with Crippen LogP contribution in [-0.4, -0.2) is 23.7 Å². The molecule has 0 radical (unpaired) electrons. The maximum absolute atomic E-state index is 12.1. The van der Waals surface area contributed by atoms with Crippen molar-refractivity contribution in [3.63, 3.8) is 0 Å². The van der Waals surface area contributed by atoms with Crippen molar-refractivity contribution in [1.82, 2.24) is 5.16 Å². The van der Waals surface area contributed by atoms with Crippen LogP contribution in [0.3, 0.4) is 0 Å². The summed E-state index contributed by atoms with van der Waals surface area (Å²) in [6.45, 7) is 8.36. The highest BCUT2D eigenvalue weighted by Gasteiger charge is 2.26. The van der Waals surface area contributed by atoms with Gasteiger partial charge in [-0.2, -0.15) is 0 Å². The van der Waals surface area contributed by atoms with Crippen LogP contribution in [0.2, 0.25) is 0 Å². The molecule has 1 heterocycles. The molecule has 8 nitrogen and oxygen atoms in total. The lowest BCUT2D eigenvalue weighted by Gasteiger charge is -2.17. The highest BCUT2D eigenvalue weighted by molar-refractivity contribution is 5.87. The third-order valence-corrected chi connectivity index (χ3v) is 2.97. The molecule has 0 aromatic carbocycles. The van der Waals surface area contributed by atoms with Gasteiger partial charge in [0.15, 0.2) is 6.10 Å². The molecule has 23 heavy (non-hydrogen) atoms. The van der Waals surface area contributed by atoms with Crippen molar-refractivity contribution in [2.75, 3.05) is 6.61 Å². The first kappa shape index (κ1) is 18.7. The Bertz CT molecular complexity index is 601. The molecule has 0 fully saturated rings. The summed E-state index contributed by atoms with van der Waals surface area (Å²) in [7, 11) is 0. The maximum Gasteiger partial charge on any atom is 0.542 e. The Kier molecular flexibility index (Phi) is 7.24. The SMILES string of the molecule is C=C(C)C(=O)OCC(C)C(=O)OC(CCCC)c1noc(=O)o1. The Balaban J connectivity index is 2.63. The number of aromatic nitrogens is 1. The van der Waals surface area contributed by atoms with Crippen LogP contribution < -0.4 is 5.82 Å². The molecule has 0 saturated heterocycles. The molecule has 0 spiro atoms. The number of hydrogen-bond acceptors (Lipinski definition) is 8. The van der Waals surface area contributed by atoms with Gasteiger partial charge in [-0.3, -0.25) is 9.32 Å². The average molecular weight is 327 g/mol. The van der Waals surface area contributed by atoms with Crippen LogP contribution in [0, 0.1) is 5.92 Å². The largest absolute Gasteiger partial charge is 0.542 e. The lowest BCUT2D eigenvalue weighted by atomic mass is 10.1. The van der Waals surface area contributed by atoms with Gasteiger partial charge in [0.1, 0.15) is 6.61 Å². The van der Waals surface area contributed by atoms with E-state index in [1.165, 1.54) is 6.92 Å². The molecular weight excluding hydrogens is 306 g/mol. The van der Waals surface area contributed by atoms with Crippen molar-refractivity contribution in [1.29, 1.82) is 0 Å². The van der Waals surface area contributed by atoms with Gasteiger partial charge in [-0.15, -0.1) is 0 Å². The molecule has 0 bridgehead atoms. The number of ether oxygens (including phenoxy) is 2. The second kappa shape index (κ2) is 8.92. The topological polar surface area (TPSA) is 109 Å². The van der Waals surface area contributed by atoms with Crippen molar-refractivity contribution in [2.45, 2.75) is 46.1 Å². The smallest absolute Gasteiger partial charge is 0.461 e. The van der Waals surface area contributed by atoms with E-state index in [4.69, 9.17) is 13.9 Å². The highest BCUT2D eigenvalue weighted by atomic mass is 16.6. The second-order valence-corrected chi connectivity index (χ2v) is 5.22. The summed E-state index contributed by atoms with van der Waals surface area (Å²) in [5, 5.41) is 3.45. The zero-order valence-electron chi connectivity index (χ0n) is 13.5. The standard InChI is InChI=1S/C15H21NO7/c1-5-6-7-11(12-16-23-15(19)22-12)21-14(18)10(4)8-20-13(17)9(2)3/h10-11H,2,5-8H2,1,3-4H3. The molecule has 8 heteroatoms. The Morgan fingerprint density at radius 2 is 2.09 bits per heavy atom. The minimum Gasteiger partial charge on any atom is -0.461 e. The molecule has 1 aromatic heterocycles. The van der Waals surface area contributed by atoms with Crippen molar-refractivity contribution < 1.29 is 28.0 Å². The monoisotopic (exact) mass is 327 g/mol. The van der Waals surface area contributed by atoms with Crippen molar-refractivity contribution in [3.8, 4) is 0 Å². The van der Waals surface area contributed by atoms with Crippen molar-refractivity contribution >= 4 is 11.9 Å². The Morgan fingerprint density at radius 3 is 2.61 bits per heavy atom. The zero-order chi connectivity index (χ0) is 17.4. The first-order valence-corrected chi connectivity index (χ1v) is 7.35. The van der Waals surface area contributed by atoms with E-state index in [1.807, 2.05) is 6.92 Å². The quantitative estimate of drug-likeness (QED) is 0.501. The predicted molar refractivity (Wildman–Crippen MR) is 78.3 cm³/mol. The summed E-state index contributed by atoms with van der Waals surface area (Å²) >= 11 is 0. The van der Waals surface area contributed by atoms with Gasteiger partial charge in [-0.1, -0.05) is 19.9 Å². The van der Waals surface area contributed by atoms with E-state index in [0.717, 1.165) is 12.8 Å².